The molecule has 264 valence electrons. The van der Waals surface area contributed by atoms with E-state index in [1.54, 1.807) is 36.4 Å². The van der Waals surface area contributed by atoms with E-state index in [0.717, 1.165) is 9.80 Å². The monoisotopic (exact) mass is 776 g/mol. The fraction of sp³-hybridized carbons (Fsp3) is 0.167. The largest absolute Gasteiger partial charge is 0.278 e. The second-order valence-corrected chi connectivity index (χ2v) is 17.0. The molecule has 16 heteroatoms. The summed E-state index contributed by atoms with van der Waals surface area (Å²) in [6, 6.07) is 23.2. The number of benzene rings is 4. The van der Waals surface area contributed by atoms with Gasteiger partial charge in [0.2, 0.25) is 23.6 Å². The van der Waals surface area contributed by atoms with Gasteiger partial charge in [0, 0.05) is 11.8 Å². The second-order valence-electron chi connectivity index (χ2n) is 12.8. The second kappa shape index (κ2) is 12.3. The number of sulfonamides is 2. The van der Waals surface area contributed by atoms with E-state index < -0.39 is 79.2 Å². The zero-order valence-electron chi connectivity index (χ0n) is 26.6. The first-order valence-electron chi connectivity index (χ1n) is 16.0. The quantitative estimate of drug-likeness (QED) is 0.179. The van der Waals surface area contributed by atoms with Crippen molar-refractivity contribution >= 4 is 89.6 Å². The van der Waals surface area contributed by atoms with Crippen LogP contribution in [0.15, 0.2) is 119 Å². The van der Waals surface area contributed by atoms with Crippen LogP contribution in [-0.2, 0) is 39.2 Å². The van der Waals surface area contributed by atoms with Crippen molar-refractivity contribution < 1.29 is 36.0 Å². The van der Waals surface area contributed by atoms with Gasteiger partial charge in [-0.15, -0.1) is 0 Å². The first-order valence-corrected chi connectivity index (χ1v) is 19.7. The van der Waals surface area contributed by atoms with Crippen molar-refractivity contribution in [3.05, 3.63) is 119 Å². The molecule has 12 nitrogen and oxygen atoms in total. The predicted molar refractivity (Wildman–Crippen MR) is 192 cm³/mol. The lowest BCUT2D eigenvalue weighted by Gasteiger charge is -2.44. The molecule has 2 aliphatic heterocycles. The third kappa shape index (κ3) is 5.31. The van der Waals surface area contributed by atoms with Crippen LogP contribution in [0.4, 0.5) is 22.7 Å². The van der Waals surface area contributed by atoms with Gasteiger partial charge in [-0.25, -0.2) is 16.8 Å². The first-order chi connectivity index (χ1) is 24.8. The number of carbonyl (C=O) groups excluding carboxylic acids is 4. The topological polar surface area (TPSA) is 167 Å². The molecule has 0 aromatic heterocycles. The van der Waals surface area contributed by atoms with Crippen LogP contribution in [0.1, 0.15) is 0 Å². The summed E-state index contributed by atoms with van der Waals surface area (Å²) in [6.07, 6.45) is 3.45. The Balaban J connectivity index is 1.02. The van der Waals surface area contributed by atoms with Gasteiger partial charge in [-0.1, -0.05) is 59.6 Å². The molecule has 0 radical (unpaired) electrons. The minimum atomic E-state index is -4.06. The Kier molecular flexibility index (Phi) is 8.06. The van der Waals surface area contributed by atoms with Crippen LogP contribution in [0.25, 0.3) is 0 Å². The van der Waals surface area contributed by atoms with Crippen molar-refractivity contribution in [1.29, 1.82) is 0 Å². The lowest BCUT2D eigenvalue weighted by Crippen LogP contribution is -2.50. The van der Waals surface area contributed by atoms with Crippen molar-refractivity contribution in [3.8, 4) is 0 Å². The van der Waals surface area contributed by atoms with Gasteiger partial charge in [-0.3, -0.25) is 38.4 Å². The molecule has 4 aromatic carbocycles. The standard InChI is InChI=1S/C36H26Cl2N4O8S2/c37-25-5-1-3-7-27(25)39-51(47,48)21-13-9-19(10-14-21)41-33(43)29-23-17-18-24(30(29)34(41)44)32-31(23)35(45)42(36(32)46)20-11-15-22(16-12-20)52(49,50)40-28-8-4-2-6-26(28)38/h1-18,23-24,29-32,39-40H/t23?,24?,29-,30-,31+,32+. The Morgan fingerprint density at radius 1 is 0.462 bits per heavy atom. The van der Waals surface area contributed by atoms with E-state index in [2.05, 4.69) is 9.44 Å². The molecule has 2 bridgehead atoms. The van der Waals surface area contributed by atoms with E-state index in [-0.39, 0.29) is 42.6 Å². The van der Waals surface area contributed by atoms with Crippen LogP contribution in [0, 0.1) is 35.5 Å². The Morgan fingerprint density at radius 2 is 0.769 bits per heavy atom. The number of nitrogens with one attached hydrogen (secondary N) is 2. The number of anilines is 4. The summed E-state index contributed by atoms with van der Waals surface area (Å²) in [5.74, 6) is -7.31. The molecule has 52 heavy (non-hydrogen) atoms. The number of nitrogens with zero attached hydrogens (tertiary/aromatic N) is 2. The normalized spacial score (nSPS) is 25.0. The molecule has 9 rings (SSSR count). The lowest BCUT2D eigenvalue weighted by molar-refractivity contribution is -0.137. The molecule has 2 N–H and O–H groups in total. The van der Waals surface area contributed by atoms with Gasteiger partial charge in [0.15, 0.2) is 0 Å². The zero-order chi connectivity index (χ0) is 36.7. The van der Waals surface area contributed by atoms with Crippen molar-refractivity contribution in [2.45, 2.75) is 9.79 Å². The number of halogens is 2. The highest BCUT2D eigenvalue weighted by atomic mass is 35.5. The number of carbonyl (C=O) groups is 4. The number of amides is 4. The summed E-state index contributed by atoms with van der Waals surface area (Å²) in [6.45, 7) is 0. The fourth-order valence-corrected chi connectivity index (χ4v) is 10.4. The average Bonchev–Trinajstić information content (AvgIpc) is 3.57. The van der Waals surface area contributed by atoms with Crippen molar-refractivity contribution in [2.24, 2.45) is 35.5 Å². The fourth-order valence-electron chi connectivity index (χ4n) is 7.78. The minimum absolute atomic E-state index is 0.122. The number of rotatable bonds is 8. The number of allylic oxidation sites excluding steroid dienone is 2. The maximum Gasteiger partial charge on any atom is 0.261 e. The maximum absolute atomic E-state index is 14.0. The Morgan fingerprint density at radius 3 is 1.08 bits per heavy atom. The van der Waals surface area contributed by atoms with Crippen LogP contribution in [0.2, 0.25) is 10.0 Å². The highest BCUT2D eigenvalue weighted by Crippen LogP contribution is 2.58. The summed E-state index contributed by atoms with van der Waals surface area (Å²) in [5.41, 5.74) is 0.684. The molecule has 0 spiro atoms. The van der Waals surface area contributed by atoms with E-state index in [1.165, 1.54) is 72.8 Å². The SMILES string of the molecule is O=C1[C@@H]2C3C=CC([C@H]2C(=O)N1c1ccc(S(=O)(=O)Nc2ccccc2Cl)cc1)[C@@H]1C(=O)N(c2ccc(S(=O)(=O)Nc4ccccc4Cl)cc2)C(=O)[C@@H]31. The summed E-state index contributed by atoms with van der Waals surface area (Å²) in [4.78, 5) is 57.6. The number of imide groups is 2. The number of hydrogen-bond donors (Lipinski definition) is 2. The first kappa shape index (κ1) is 34.1. The van der Waals surface area contributed by atoms with Gasteiger partial charge in [0.25, 0.3) is 20.0 Å². The van der Waals surface area contributed by atoms with Crippen molar-refractivity contribution in [3.63, 3.8) is 0 Å². The van der Waals surface area contributed by atoms with Crippen LogP contribution in [0.3, 0.4) is 0 Å². The molecule has 4 aromatic rings. The molecule has 3 aliphatic carbocycles. The maximum atomic E-state index is 14.0. The van der Waals surface area contributed by atoms with Crippen LogP contribution in [0.5, 0.6) is 0 Å². The zero-order valence-corrected chi connectivity index (χ0v) is 29.7. The Labute approximate surface area is 308 Å². The molecule has 2 saturated heterocycles. The summed E-state index contributed by atoms with van der Waals surface area (Å²) >= 11 is 12.2. The summed E-state index contributed by atoms with van der Waals surface area (Å²) < 4.78 is 57.0. The van der Waals surface area contributed by atoms with Gasteiger partial charge in [0.1, 0.15) is 0 Å². The molecule has 1 saturated carbocycles. The highest BCUT2D eigenvalue weighted by molar-refractivity contribution is 7.93. The van der Waals surface area contributed by atoms with E-state index in [1.807, 2.05) is 0 Å². The lowest BCUT2D eigenvalue weighted by atomic mass is 9.54. The van der Waals surface area contributed by atoms with Crippen LogP contribution >= 0.6 is 23.2 Å². The van der Waals surface area contributed by atoms with Crippen molar-refractivity contribution in [2.75, 3.05) is 19.2 Å². The molecular weight excluding hydrogens is 751 g/mol. The smallest absolute Gasteiger partial charge is 0.261 e. The Bertz CT molecular complexity index is 2240. The summed E-state index contributed by atoms with van der Waals surface area (Å²) in [7, 11) is -8.11. The molecule has 2 heterocycles. The molecule has 4 amide bonds. The number of hydrogen-bond acceptors (Lipinski definition) is 8. The molecule has 2 unspecified atom stereocenters. The van der Waals surface area contributed by atoms with E-state index in [0.29, 0.717) is 0 Å². The van der Waals surface area contributed by atoms with Crippen molar-refractivity contribution in [1.82, 2.24) is 0 Å². The van der Waals surface area contributed by atoms with Gasteiger partial charge in [-0.05, 0) is 72.8 Å². The molecule has 6 atom stereocenters. The molecule has 3 fully saturated rings. The van der Waals surface area contributed by atoms with Gasteiger partial charge >= 0.3 is 0 Å². The molecule has 5 aliphatic rings. The molecular formula is C36H26Cl2N4O8S2. The Hall–Kier alpha value is -5.02. The van der Waals surface area contributed by atoms with Crippen LogP contribution < -0.4 is 19.2 Å². The van der Waals surface area contributed by atoms with Gasteiger partial charge in [-0.2, -0.15) is 0 Å². The minimum Gasteiger partial charge on any atom is -0.278 e. The predicted octanol–water partition coefficient (Wildman–Crippen LogP) is 5.32. The third-order valence-corrected chi connectivity index (χ3v) is 13.5. The van der Waals surface area contributed by atoms with Gasteiger partial charge < -0.3 is 0 Å². The van der Waals surface area contributed by atoms with E-state index >= 15 is 0 Å². The van der Waals surface area contributed by atoms with Crippen LogP contribution in [-0.4, -0.2) is 40.5 Å². The third-order valence-electron chi connectivity index (χ3n) is 10.1. The number of para-hydroxylation sites is 2. The van der Waals surface area contributed by atoms with E-state index in [4.69, 9.17) is 23.2 Å². The highest BCUT2D eigenvalue weighted by Gasteiger charge is 2.68. The van der Waals surface area contributed by atoms with Gasteiger partial charge in [0.05, 0.1) is 66.3 Å². The van der Waals surface area contributed by atoms with E-state index in [9.17, 15) is 36.0 Å². The average molecular weight is 778 g/mol. The summed E-state index contributed by atoms with van der Waals surface area (Å²) in [5, 5.41) is 0.413.